The number of pyridine rings is 1. The molecule has 0 spiro atoms. The summed E-state index contributed by atoms with van der Waals surface area (Å²) in [4.78, 5) is 16.3. The molecule has 0 aliphatic rings. The van der Waals surface area contributed by atoms with Gasteiger partial charge in [-0.2, -0.15) is 0 Å². The molecule has 0 bridgehead atoms. The first-order chi connectivity index (χ1) is 12.3. The van der Waals surface area contributed by atoms with E-state index in [1.807, 2.05) is 36.4 Å². The highest BCUT2D eigenvalue weighted by Gasteiger charge is 2.10. The Morgan fingerprint density at radius 3 is 2.68 bits per heavy atom. The van der Waals surface area contributed by atoms with Crippen molar-refractivity contribution >= 4 is 5.91 Å². The molecule has 3 aromatic rings. The van der Waals surface area contributed by atoms with Crippen molar-refractivity contribution in [1.29, 1.82) is 0 Å². The van der Waals surface area contributed by atoms with Crippen molar-refractivity contribution in [3.05, 3.63) is 77.9 Å². The Kier molecular flexibility index (Phi) is 5.87. The van der Waals surface area contributed by atoms with E-state index in [4.69, 9.17) is 0 Å². The van der Waals surface area contributed by atoms with Crippen LogP contribution in [0.2, 0.25) is 0 Å². The lowest BCUT2D eigenvalue weighted by Gasteiger charge is -2.02. The Morgan fingerprint density at radius 2 is 1.88 bits per heavy atom. The number of hydrogen-bond acceptors (Lipinski definition) is 4. The summed E-state index contributed by atoms with van der Waals surface area (Å²) in [5, 5.41) is 10.8. The second-order valence-corrected chi connectivity index (χ2v) is 5.78. The zero-order valence-electron chi connectivity index (χ0n) is 14.0. The van der Waals surface area contributed by atoms with Crippen LogP contribution in [0.5, 0.6) is 0 Å². The second kappa shape index (κ2) is 8.73. The highest BCUT2D eigenvalue weighted by molar-refractivity contribution is 5.91. The Bertz CT molecular complexity index is 786. The first-order valence-electron chi connectivity index (χ1n) is 8.43. The van der Waals surface area contributed by atoms with Crippen molar-refractivity contribution in [2.45, 2.75) is 25.8 Å². The highest BCUT2D eigenvalue weighted by atomic mass is 16.2. The standard InChI is InChI=1S/C19H21N5O/c25-19(21-13-11-17-10-4-5-12-20-17)18-15-24(23-22-18)14-6-9-16-7-2-1-3-8-16/h1-5,7-8,10,12,15H,6,9,11,13-14H2,(H,21,25). The van der Waals surface area contributed by atoms with Crippen LogP contribution in [-0.2, 0) is 19.4 Å². The minimum atomic E-state index is -0.203. The normalized spacial score (nSPS) is 10.6. The number of rotatable bonds is 8. The van der Waals surface area contributed by atoms with Gasteiger partial charge in [-0.1, -0.05) is 41.6 Å². The minimum Gasteiger partial charge on any atom is -0.350 e. The van der Waals surface area contributed by atoms with Crippen molar-refractivity contribution in [2.24, 2.45) is 0 Å². The molecule has 0 aliphatic carbocycles. The van der Waals surface area contributed by atoms with E-state index in [0.29, 0.717) is 18.7 Å². The zero-order chi connectivity index (χ0) is 17.3. The number of aromatic nitrogens is 4. The van der Waals surface area contributed by atoms with Crippen LogP contribution < -0.4 is 5.32 Å². The third-order valence-corrected chi connectivity index (χ3v) is 3.86. The van der Waals surface area contributed by atoms with E-state index in [1.54, 1.807) is 17.1 Å². The van der Waals surface area contributed by atoms with Gasteiger partial charge in [0.05, 0.1) is 6.20 Å². The molecule has 1 N–H and O–H groups in total. The Morgan fingerprint density at radius 1 is 1.04 bits per heavy atom. The molecule has 0 radical (unpaired) electrons. The predicted octanol–water partition coefficient (Wildman–Crippen LogP) is 2.28. The van der Waals surface area contributed by atoms with Crippen LogP contribution in [0.4, 0.5) is 0 Å². The smallest absolute Gasteiger partial charge is 0.273 e. The maximum Gasteiger partial charge on any atom is 0.273 e. The zero-order valence-corrected chi connectivity index (χ0v) is 14.0. The van der Waals surface area contributed by atoms with Crippen molar-refractivity contribution in [3.8, 4) is 0 Å². The SMILES string of the molecule is O=C(NCCc1ccccn1)c1cn(CCCc2ccccc2)nn1. The van der Waals surface area contributed by atoms with Crippen LogP contribution in [0, 0.1) is 0 Å². The number of hydrogen-bond donors (Lipinski definition) is 1. The van der Waals surface area contributed by atoms with Crippen LogP contribution in [0.3, 0.4) is 0 Å². The predicted molar refractivity (Wildman–Crippen MR) is 95.1 cm³/mol. The van der Waals surface area contributed by atoms with Crippen molar-refractivity contribution < 1.29 is 4.79 Å². The number of aryl methyl sites for hydroxylation is 2. The molecule has 1 aromatic carbocycles. The van der Waals surface area contributed by atoms with Gasteiger partial charge in [-0.15, -0.1) is 5.10 Å². The first kappa shape index (κ1) is 16.8. The molecule has 6 nitrogen and oxygen atoms in total. The number of carbonyl (C=O) groups excluding carboxylic acids is 1. The summed E-state index contributed by atoms with van der Waals surface area (Å²) in [6.45, 7) is 1.26. The molecular formula is C19H21N5O. The van der Waals surface area contributed by atoms with Crippen molar-refractivity contribution in [3.63, 3.8) is 0 Å². The van der Waals surface area contributed by atoms with Gasteiger partial charge in [-0.25, -0.2) is 0 Å². The van der Waals surface area contributed by atoms with Crippen LogP contribution >= 0.6 is 0 Å². The maximum absolute atomic E-state index is 12.1. The fourth-order valence-corrected chi connectivity index (χ4v) is 2.54. The van der Waals surface area contributed by atoms with Crippen LogP contribution in [0.15, 0.2) is 60.9 Å². The maximum atomic E-state index is 12.1. The van der Waals surface area contributed by atoms with Gasteiger partial charge in [0.1, 0.15) is 0 Å². The van der Waals surface area contributed by atoms with E-state index in [1.165, 1.54) is 5.56 Å². The van der Waals surface area contributed by atoms with Crippen molar-refractivity contribution in [2.75, 3.05) is 6.54 Å². The number of nitrogens with zero attached hydrogens (tertiary/aromatic N) is 4. The largest absolute Gasteiger partial charge is 0.350 e. The lowest BCUT2D eigenvalue weighted by Crippen LogP contribution is -2.26. The lowest BCUT2D eigenvalue weighted by molar-refractivity contribution is 0.0949. The van der Waals surface area contributed by atoms with Gasteiger partial charge < -0.3 is 5.32 Å². The van der Waals surface area contributed by atoms with E-state index < -0.39 is 0 Å². The third kappa shape index (κ3) is 5.24. The molecule has 0 saturated heterocycles. The summed E-state index contributed by atoms with van der Waals surface area (Å²) < 4.78 is 1.72. The summed E-state index contributed by atoms with van der Waals surface area (Å²) in [6, 6.07) is 16.1. The van der Waals surface area contributed by atoms with E-state index in [0.717, 1.165) is 25.1 Å². The fourth-order valence-electron chi connectivity index (χ4n) is 2.54. The van der Waals surface area contributed by atoms with Gasteiger partial charge in [0, 0.05) is 31.4 Å². The number of benzene rings is 1. The molecule has 0 atom stereocenters. The summed E-state index contributed by atoms with van der Waals surface area (Å²) in [5.74, 6) is -0.203. The van der Waals surface area contributed by atoms with E-state index in [-0.39, 0.29) is 5.91 Å². The topological polar surface area (TPSA) is 72.7 Å². The number of nitrogens with one attached hydrogen (secondary N) is 1. The van der Waals surface area contributed by atoms with Gasteiger partial charge in [0.2, 0.25) is 0 Å². The summed E-state index contributed by atoms with van der Waals surface area (Å²) in [5.41, 5.74) is 2.60. The molecule has 25 heavy (non-hydrogen) atoms. The molecule has 0 saturated carbocycles. The molecule has 1 amide bonds. The third-order valence-electron chi connectivity index (χ3n) is 3.86. The fraction of sp³-hybridized carbons (Fsp3) is 0.263. The molecule has 3 rings (SSSR count). The van der Waals surface area contributed by atoms with Gasteiger partial charge >= 0.3 is 0 Å². The van der Waals surface area contributed by atoms with E-state index in [9.17, 15) is 4.79 Å². The van der Waals surface area contributed by atoms with Gasteiger partial charge in [-0.3, -0.25) is 14.5 Å². The van der Waals surface area contributed by atoms with Gasteiger partial charge in [-0.05, 0) is 30.5 Å². The average Bonchev–Trinajstić information content (AvgIpc) is 3.12. The Hall–Kier alpha value is -3.02. The van der Waals surface area contributed by atoms with E-state index in [2.05, 4.69) is 32.7 Å². The minimum absolute atomic E-state index is 0.203. The monoisotopic (exact) mass is 335 g/mol. The molecule has 2 aromatic heterocycles. The molecule has 6 heteroatoms. The molecule has 2 heterocycles. The molecular weight excluding hydrogens is 314 g/mol. The lowest BCUT2D eigenvalue weighted by atomic mass is 10.1. The molecule has 128 valence electrons. The van der Waals surface area contributed by atoms with Crippen molar-refractivity contribution in [1.82, 2.24) is 25.3 Å². The summed E-state index contributed by atoms with van der Waals surface area (Å²) in [7, 11) is 0. The number of carbonyl (C=O) groups is 1. The average molecular weight is 335 g/mol. The van der Waals surface area contributed by atoms with E-state index >= 15 is 0 Å². The highest BCUT2D eigenvalue weighted by Crippen LogP contribution is 2.04. The van der Waals surface area contributed by atoms with Crippen LogP contribution in [0.25, 0.3) is 0 Å². The number of amides is 1. The molecule has 0 unspecified atom stereocenters. The van der Waals surface area contributed by atoms with Gasteiger partial charge in [0.15, 0.2) is 5.69 Å². The second-order valence-electron chi connectivity index (χ2n) is 5.78. The Balaban J connectivity index is 1.42. The molecule has 0 fully saturated rings. The van der Waals surface area contributed by atoms with Crippen LogP contribution in [-0.4, -0.2) is 32.4 Å². The first-order valence-corrected chi connectivity index (χ1v) is 8.43. The summed E-state index contributed by atoms with van der Waals surface area (Å²) >= 11 is 0. The molecule has 0 aliphatic heterocycles. The summed E-state index contributed by atoms with van der Waals surface area (Å²) in [6.07, 6.45) is 6.07. The van der Waals surface area contributed by atoms with Gasteiger partial charge in [0.25, 0.3) is 5.91 Å². The van der Waals surface area contributed by atoms with Crippen LogP contribution in [0.1, 0.15) is 28.2 Å². The Labute approximate surface area is 146 Å². The quantitative estimate of drug-likeness (QED) is 0.685.